The second kappa shape index (κ2) is 2.37. The molecule has 0 fully saturated rings. The van der Waals surface area contributed by atoms with Crippen molar-refractivity contribution in [2.24, 2.45) is 0 Å². The molecule has 0 aromatic carbocycles. The Morgan fingerprint density at radius 2 is 0.800 bits per heavy atom. The molecule has 0 spiro atoms. The Hall–Kier alpha value is 2.03. The molecule has 0 amide bonds. The van der Waals surface area contributed by atoms with Crippen LogP contribution in [-0.4, -0.2) is 0 Å². The number of hydrogen-bond acceptors (Lipinski definition) is 0. The van der Waals surface area contributed by atoms with Gasteiger partial charge in [-0.05, 0) is 0 Å². The van der Waals surface area contributed by atoms with Gasteiger partial charge in [0.1, 0.15) is 0 Å². The average molecular weight is 187 g/mol. The predicted molar refractivity (Wildman–Crippen MR) is 23.4 cm³/mol. The van der Waals surface area contributed by atoms with E-state index in [0.29, 0.717) is 0 Å². The van der Waals surface area contributed by atoms with Gasteiger partial charge >= 0.3 is 49.5 Å². The summed E-state index contributed by atoms with van der Waals surface area (Å²) in [4.78, 5) is 0. The minimum absolute atomic E-state index is 3.24. The van der Waals surface area contributed by atoms with Gasteiger partial charge in [-0.1, -0.05) is 0 Å². The zero-order chi connectivity index (χ0) is 4.50. The second-order valence-corrected chi connectivity index (χ2v) is 18.4. The maximum absolute atomic E-state index is 5.03. The molecule has 5 heteroatoms. The van der Waals surface area contributed by atoms with E-state index in [2.05, 4.69) is 0 Å². The van der Waals surface area contributed by atoms with Gasteiger partial charge in [0.25, 0.3) is 0 Å². The van der Waals surface area contributed by atoms with E-state index in [9.17, 15) is 0 Å². The van der Waals surface area contributed by atoms with Crippen LogP contribution in [0.1, 0.15) is 0 Å². The van der Waals surface area contributed by atoms with Crippen LogP contribution in [0.2, 0.25) is 0 Å². The van der Waals surface area contributed by atoms with E-state index in [-0.39, 0.29) is 0 Å². The van der Waals surface area contributed by atoms with Crippen molar-refractivity contribution < 1.29 is 15.2 Å². The van der Waals surface area contributed by atoms with E-state index in [1.165, 1.54) is 0 Å². The van der Waals surface area contributed by atoms with Crippen LogP contribution >= 0.6 is 34.3 Å². The standard InChI is InChI=1S/4ClH.Sc/h4*1H;/q;;;;+4/p-4. The summed E-state index contributed by atoms with van der Waals surface area (Å²) in [5, 5.41) is 0. The van der Waals surface area contributed by atoms with Gasteiger partial charge in [0.2, 0.25) is 0 Å². The first kappa shape index (κ1) is 7.03. The summed E-state index contributed by atoms with van der Waals surface area (Å²) in [6.45, 7) is 0. The molecule has 0 unspecified atom stereocenters. The van der Waals surface area contributed by atoms with Gasteiger partial charge < -0.3 is 0 Å². The van der Waals surface area contributed by atoms with Crippen molar-refractivity contribution >= 4 is 34.3 Å². The van der Waals surface area contributed by atoms with Crippen molar-refractivity contribution in [3.63, 3.8) is 0 Å². The number of rotatable bonds is 0. The molecule has 0 bridgehead atoms. The summed E-state index contributed by atoms with van der Waals surface area (Å²) in [6, 6.07) is 0. The van der Waals surface area contributed by atoms with E-state index in [1.54, 1.807) is 0 Å². The fourth-order valence-corrected chi connectivity index (χ4v) is 0. The van der Waals surface area contributed by atoms with Crippen molar-refractivity contribution in [2.45, 2.75) is 0 Å². The Kier molecular flexibility index (Phi) is 3.33. The third kappa shape index (κ3) is 23.8. The fourth-order valence-electron chi connectivity index (χ4n) is 0. The van der Waals surface area contributed by atoms with Crippen LogP contribution in [0.3, 0.4) is 0 Å². The molecule has 0 atom stereocenters. The zero-order valence-corrected chi connectivity index (χ0v) is 6.92. The topological polar surface area (TPSA) is 0 Å². The van der Waals surface area contributed by atoms with Crippen molar-refractivity contribution in [1.82, 2.24) is 0 Å². The third-order valence-corrected chi connectivity index (χ3v) is 0. The minimum atomic E-state index is -3.24. The summed E-state index contributed by atoms with van der Waals surface area (Å²) in [7, 11) is 20.1. The third-order valence-electron chi connectivity index (χ3n) is 0. The van der Waals surface area contributed by atoms with Gasteiger partial charge in [-0.3, -0.25) is 0 Å². The molecule has 0 aliphatic heterocycles. The zero-order valence-electron chi connectivity index (χ0n) is 2.09. The SMILES string of the molecule is [Cl][Sc]([Cl])([Cl])[Cl]. The van der Waals surface area contributed by atoms with Crippen molar-refractivity contribution in [2.75, 3.05) is 0 Å². The van der Waals surface area contributed by atoms with Gasteiger partial charge in [-0.2, -0.15) is 0 Å². The van der Waals surface area contributed by atoms with Gasteiger partial charge in [0, 0.05) is 0 Å². The molecular weight excluding hydrogens is 187 g/mol. The molecule has 0 saturated carbocycles. The van der Waals surface area contributed by atoms with Crippen LogP contribution in [0.15, 0.2) is 0 Å². The summed E-state index contributed by atoms with van der Waals surface area (Å²) < 4.78 is 0. The van der Waals surface area contributed by atoms with Gasteiger partial charge in [0.05, 0.1) is 0 Å². The van der Waals surface area contributed by atoms with E-state index >= 15 is 0 Å². The molecule has 0 aliphatic carbocycles. The average Bonchev–Trinajstić information content (AvgIpc) is 0.722. The molecular formula is Cl4Sc. The molecule has 5 heavy (non-hydrogen) atoms. The molecule has 0 N–H and O–H groups in total. The Bertz CT molecular complexity index is 19.1. The first-order valence-corrected chi connectivity index (χ1v) is 10.8. The van der Waals surface area contributed by atoms with Crippen LogP contribution in [0.4, 0.5) is 0 Å². The number of hydrogen-bond donors (Lipinski definition) is 0. The Morgan fingerprint density at radius 1 is 0.800 bits per heavy atom. The van der Waals surface area contributed by atoms with E-state index < -0.39 is 15.2 Å². The summed E-state index contributed by atoms with van der Waals surface area (Å²) in [6.07, 6.45) is 0. The number of halogens is 4. The van der Waals surface area contributed by atoms with Crippen LogP contribution in [0.25, 0.3) is 0 Å². The van der Waals surface area contributed by atoms with Crippen LogP contribution in [-0.2, 0) is 15.2 Å². The van der Waals surface area contributed by atoms with E-state index in [0.717, 1.165) is 0 Å². The summed E-state index contributed by atoms with van der Waals surface area (Å²) in [5.74, 6) is 0. The molecule has 0 aromatic rings. The van der Waals surface area contributed by atoms with Gasteiger partial charge in [-0.15, -0.1) is 0 Å². The Labute approximate surface area is 49.0 Å². The molecule has 0 radical (unpaired) electrons. The maximum atomic E-state index is 5.03. The first-order valence-electron chi connectivity index (χ1n) is 0.873. The molecule has 0 saturated heterocycles. The first-order chi connectivity index (χ1) is 2.00. The predicted octanol–water partition coefficient (Wildman–Crippen LogP) is 2.76. The second-order valence-electron chi connectivity index (χ2n) is 0.495. The van der Waals surface area contributed by atoms with Gasteiger partial charge in [0.15, 0.2) is 0 Å². The summed E-state index contributed by atoms with van der Waals surface area (Å²) in [5.41, 5.74) is 0. The van der Waals surface area contributed by atoms with Crippen molar-refractivity contribution in [3.8, 4) is 0 Å². The Morgan fingerprint density at radius 3 is 0.800 bits per heavy atom. The summed E-state index contributed by atoms with van der Waals surface area (Å²) >= 11 is -3.24. The van der Waals surface area contributed by atoms with Crippen LogP contribution < -0.4 is 0 Å². The van der Waals surface area contributed by atoms with Gasteiger partial charge in [-0.25, -0.2) is 0 Å². The molecule has 0 rings (SSSR count). The van der Waals surface area contributed by atoms with E-state index in [1.807, 2.05) is 0 Å². The van der Waals surface area contributed by atoms with E-state index in [4.69, 9.17) is 34.3 Å². The molecule has 0 heterocycles. The molecule has 31 valence electrons. The molecule has 0 aliphatic rings. The molecule has 0 aromatic heterocycles. The monoisotopic (exact) mass is 185 g/mol. The molecule has 0 nitrogen and oxygen atoms in total. The van der Waals surface area contributed by atoms with Crippen molar-refractivity contribution in [3.05, 3.63) is 0 Å². The van der Waals surface area contributed by atoms with Crippen molar-refractivity contribution in [1.29, 1.82) is 0 Å². The normalized spacial score (nSPS) is 12.0. The Balaban J connectivity index is 3.02. The fraction of sp³-hybridized carbons (Fsp3) is 0. The van der Waals surface area contributed by atoms with Crippen LogP contribution in [0, 0.1) is 0 Å². The van der Waals surface area contributed by atoms with Crippen LogP contribution in [0.5, 0.6) is 0 Å². The quantitative estimate of drug-likeness (QED) is 0.546.